The lowest BCUT2D eigenvalue weighted by Gasteiger charge is -2.15. The van der Waals surface area contributed by atoms with Crippen molar-refractivity contribution >= 4 is 37.9 Å². The van der Waals surface area contributed by atoms with Gasteiger partial charge in [0, 0.05) is 0 Å². The van der Waals surface area contributed by atoms with Gasteiger partial charge in [0.15, 0.2) is 0 Å². The van der Waals surface area contributed by atoms with Crippen molar-refractivity contribution in [1.29, 1.82) is 0 Å². The minimum atomic E-state index is 0.824. The Morgan fingerprint density at radius 1 is 0.778 bits per heavy atom. The van der Waals surface area contributed by atoms with Crippen LogP contribution in [0.3, 0.4) is 0 Å². The predicted molar refractivity (Wildman–Crippen MR) is 98.1 cm³/mol. The molecule has 0 saturated heterocycles. The number of thiol groups is 1. The highest BCUT2D eigenvalue weighted by Crippen LogP contribution is 2.03. The molecule has 0 heterocycles. The van der Waals surface area contributed by atoms with Gasteiger partial charge in [-0.15, -0.1) is 12.6 Å². The van der Waals surface area contributed by atoms with E-state index < -0.39 is 0 Å². The fourth-order valence-electron chi connectivity index (χ4n) is 0. The fourth-order valence-corrected chi connectivity index (χ4v) is 0. The Labute approximate surface area is 133 Å². The molecule has 0 nitrogen and oxygen atoms in total. The van der Waals surface area contributed by atoms with Gasteiger partial charge < -0.3 is 25.3 Å². The van der Waals surface area contributed by atoms with Crippen LogP contribution >= 0.6 is 12.6 Å². The number of rotatable bonds is 1. The van der Waals surface area contributed by atoms with Crippen LogP contribution in [0.5, 0.6) is 0 Å². The second kappa shape index (κ2) is 22.5. The third-order valence-electron chi connectivity index (χ3n) is 1.72. The van der Waals surface area contributed by atoms with E-state index in [1.54, 1.807) is 0 Å². The summed E-state index contributed by atoms with van der Waals surface area (Å²) in [6.07, 6.45) is 2.64. The standard InChI is InChI=1S/C5H10S.C4H8S2.C4H10.C2H6/c1-4(2)5(3)6;1-3(5)4(2)6;1-3-4-2;1-2/h6H,1-3H3;5-6H,1-2H3;3-4H2,1-2H3;1-2H3/p-2/b;4-3-;;. The Morgan fingerprint density at radius 3 is 0.944 bits per heavy atom. The first-order valence-corrected chi connectivity index (χ1v) is 7.81. The van der Waals surface area contributed by atoms with Crippen LogP contribution in [0.15, 0.2) is 20.3 Å². The molecule has 0 bridgehead atoms. The highest BCUT2D eigenvalue weighted by Gasteiger charge is 1.76. The van der Waals surface area contributed by atoms with Crippen LogP contribution in [-0.4, -0.2) is 0 Å². The van der Waals surface area contributed by atoms with Gasteiger partial charge in [-0.3, -0.25) is 0 Å². The average molecular weight is 309 g/mol. The molecule has 0 fully saturated rings. The molecule has 0 unspecified atom stereocenters. The van der Waals surface area contributed by atoms with Crippen molar-refractivity contribution in [2.75, 3.05) is 0 Å². The van der Waals surface area contributed by atoms with Gasteiger partial charge in [0.25, 0.3) is 0 Å². The molecule has 0 amide bonds. The van der Waals surface area contributed by atoms with Gasteiger partial charge in [-0.05, 0) is 25.7 Å². The molecule has 0 N–H and O–H groups in total. The zero-order valence-corrected chi connectivity index (χ0v) is 16.2. The summed E-state index contributed by atoms with van der Waals surface area (Å²) in [7, 11) is 0. The Morgan fingerprint density at radius 2 is 0.944 bits per heavy atom. The SMILES string of the molecule is C/C([S-])=C(\C)[S-].CC.CC(C)=C(C)S.CCCC. The van der Waals surface area contributed by atoms with Crippen molar-refractivity contribution in [2.24, 2.45) is 0 Å². The van der Waals surface area contributed by atoms with Crippen LogP contribution in [0.2, 0.25) is 0 Å². The molecule has 0 spiro atoms. The summed E-state index contributed by atoms with van der Waals surface area (Å²) in [5.74, 6) is 0. The van der Waals surface area contributed by atoms with Crippen LogP contribution < -0.4 is 0 Å². The van der Waals surface area contributed by atoms with Crippen LogP contribution in [0, 0.1) is 0 Å². The average Bonchev–Trinajstić information content (AvgIpc) is 2.32. The van der Waals surface area contributed by atoms with Crippen molar-refractivity contribution in [1.82, 2.24) is 0 Å². The van der Waals surface area contributed by atoms with Gasteiger partial charge in [0.2, 0.25) is 0 Å². The monoisotopic (exact) mass is 308 g/mol. The number of hydrogen-bond acceptors (Lipinski definition) is 3. The molecular formula is C15H32S3-2. The zero-order valence-electron chi connectivity index (χ0n) is 13.7. The maximum atomic E-state index is 4.68. The van der Waals surface area contributed by atoms with Gasteiger partial charge in [0.05, 0.1) is 0 Å². The summed E-state index contributed by atoms with van der Waals surface area (Å²) in [5.41, 5.74) is 1.29. The minimum absolute atomic E-state index is 0.824. The van der Waals surface area contributed by atoms with Crippen LogP contribution in [-0.2, 0) is 25.3 Å². The second-order valence-electron chi connectivity index (χ2n) is 3.70. The number of allylic oxidation sites excluding steroid dienone is 4. The van der Waals surface area contributed by atoms with E-state index >= 15 is 0 Å². The van der Waals surface area contributed by atoms with E-state index in [1.807, 2.05) is 48.5 Å². The highest BCUT2D eigenvalue weighted by molar-refractivity contribution is 7.84. The molecule has 0 aliphatic rings. The molecule has 3 heteroatoms. The Bertz CT molecular complexity index is 156. The molecule has 0 radical (unpaired) electrons. The Balaban J connectivity index is -0.0000000777. The van der Waals surface area contributed by atoms with Crippen molar-refractivity contribution in [3.63, 3.8) is 0 Å². The van der Waals surface area contributed by atoms with Gasteiger partial charge in [-0.2, -0.15) is 0 Å². The first-order chi connectivity index (χ1) is 8.20. The number of hydrogen-bond donors (Lipinski definition) is 1. The van der Waals surface area contributed by atoms with Crippen LogP contribution in [0.4, 0.5) is 0 Å². The maximum absolute atomic E-state index is 4.68. The lowest BCUT2D eigenvalue weighted by Crippen LogP contribution is -1.69. The molecule has 0 aromatic carbocycles. The summed E-state index contributed by atoms with van der Waals surface area (Å²) in [6.45, 7) is 18.1. The smallest absolute Gasteiger partial charge is 0.0229 e. The number of unbranched alkanes of at least 4 members (excludes halogenated alkanes) is 1. The van der Waals surface area contributed by atoms with Crippen molar-refractivity contribution in [3.8, 4) is 0 Å². The minimum Gasteiger partial charge on any atom is -0.786 e. The Kier molecular flexibility index (Phi) is 33.4. The van der Waals surface area contributed by atoms with Gasteiger partial charge in [0.1, 0.15) is 0 Å². The largest absolute Gasteiger partial charge is 0.786 e. The van der Waals surface area contributed by atoms with Crippen molar-refractivity contribution in [2.45, 2.75) is 75.2 Å². The molecule has 0 aromatic rings. The first kappa shape index (κ1) is 26.8. The van der Waals surface area contributed by atoms with Crippen LogP contribution in [0.1, 0.15) is 75.2 Å². The van der Waals surface area contributed by atoms with E-state index in [-0.39, 0.29) is 0 Å². The van der Waals surface area contributed by atoms with E-state index in [0.29, 0.717) is 0 Å². The van der Waals surface area contributed by atoms with Gasteiger partial charge in [-0.25, -0.2) is 9.81 Å². The second-order valence-corrected chi connectivity index (χ2v) is 5.59. The van der Waals surface area contributed by atoms with Crippen LogP contribution in [0.25, 0.3) is 0 Å². The molecule has 0 rings (SSSR count). The van der Waals surface area contributed by atoms with E-state index in [1.165, 1.54) is 18.4 Å². The normalized spacial score (nSPS) is 9.22. The summed E-state index contributed by atoms with van der Waals surface area (Å²) in [4.78, 5) is 2.77. The van der Waals surface area contributed by atoms with E-state index in [4.69, 9.17) is 0 Å². The molecule has 0 atom stereocenters. The van der Waals surface area contributed by atoms with E-state index in [0.717, 1.165) is 14.7 Å². The predicted octanol–water partition coefficient (Wildman–Crippen LogP) is 6.39. The fraction of sp³-hybridized carbons (Fsp3) is 0.733. The zero-order chi connectivity index (χ0) is 15.7. The van der Waals surface area contributed by atoms with Crippen molar-refractivity contribution < 1.29 is 0 Å². The summed E-state index contributed by atoms with van der Waals surface area (Å²) in [6, 6.07) is 0. The lowest BCUT2D eigenvalue weighted by molar-refractivity contribution is 0.886. The summed E-state index contributed by atoms with van der Waals surface area (Å²) < 4.78 is 0. The molecule has 0 aliphatic carbocycles. The molecular weight excluding hydrogens is 276 g/mol. The third-order valence-corrected chi connectivity index (χ3v) is 2.91. The molecule has 0 aliphatic heterocycles. The maximum Gasteiger partial charge on any atom is -0.0229 e. The lowest BCUT2D eigenvalue weighted by atomic mass is 10.3. The van der Waals surface area contributed by atoms with Gasteiger partial charge in [-0.1, -0.05) is 60.0 Å². The topological polar surface area (TPSA) is 0 Å². The van der Waals surface area contributed by atoms with E-state index in [9.17, 15) is 0 Å². The quantitative estimate of drug-likeness (QED) is 0.440. The molecule has 112 valence electrons. The summed E-state index contributed by atoms with van der Waals surface area (Å²) in [5, 5.41) is 0. The molecule has 18 heavy (non-hydrogen) atoms. The van der Waals surface area contributed by atoms with Crippen molar-refractivity contribution in [3.05, 3.63) is 20.3 Å². The highest BCUT2D eigenvalue weighted by atomic mass is 32.1. The van der Waals surface area contributed by atoms with E-state index in [2.05, 4.69) is 51.7 Å². The third kappa shape index (κ3) is 44.1. The molecule has 0 saturated carbocycles. The summed E-state index contributed by atoms with van der Waals surface area (Å²) >= 11 is 13.4. The Hall–Kier alpha value is 0.270. The van der Waals surface area contributed by atoms with Gasteiger partial charge >= 0.3 is 0 Å². The molecule has 0 aromatic heterocycles. The first-order valence-electron chi connectivity index (χ1n) is 6.55.